The van der Waals surface area contributed by atoms with Crippen molar-refractivity contribution in [2.24, 2.45) is 0 Å². The first-order chi connectivity index (χ1) is 11.2. The number of carbonyl (C=O) groups excluding carboxylic acids is 2. The fraction of sp³-hybridized carbons (Fsp3) is 0.118. The maximum atomic E-state index is 12.4. The number of hydrogen-bond donors (Lipinski definition) is 3. The molecule has 1 aliphatic rings. The van der Waals surface area contributed by atoms with Crippen molar-refractivity contribution in [3.63, 3.8) is 0 Å². The Bertz CT molecular complexity index is 915. The van der Waals surface area contributed by atoms with Gasteiger partial charge in [-0.15, -0.1) is 0 Å². The first-order valence-electron chi connectivity index (χ1n) is 7.36. The van der Waals surface area contributed by atoms with Gasteiger partial charge in [-0.1, -0.05) is 0 Å². The smallest absolute Gasteiger partial charge is 0.268 e. The van der Waals surface area contributed by atoms with E-state index in [1.807, 2.05) is 12.1 Å². The quantitative estimate of drug-likeness (QED) is 0.677. The lowest BCUT2D eigenvalue weighted by atomic mass is 10.0. The number of pyridine rings is 1. The number of H-pyrrole nitrogens is 1. The highest BCUT2D eigenvalue weighted by Crippen LogP contribution is 2.26. The van der Waals surface area contributed by atoms with E-state index in [4.69, 9.17) is 0 Å². The Kier molecular flexibility index (Phi) is 3.08. The summed E-state index contributed by atoms with van der Waals surface area (Å²) in [6.07, 6.45) is 4.01. The molecule has 23 heavy (non-hydrogen) atoms. The van der Waals surface area contributed by atoms with Crippen LogP contribution in [-0.2, 0) is 6.42 Å². The van der Waals surface area contributed by atoms with E-state index in [0.29, 0.717) is 23.5 Å². The molecule has 0 unspecified atom stereocenters. The minimum absolute atomic E-state index is 0.0937. The maximum Gasteiger partial charge on any atom is 0.268 e. The molecule has 1 aliphatic heterocycles. The summed E-state index contributed by atoms with van der Waals surface area (Å²) in [5.74, 6) is -0.293. The van der Waals surface area contributed by atoms with Crippen LogP contribution in [0.1, 0.15) is 26.4 Å². The van der Waals surface area contributed by atoms with Gasteiger partial charge in [0.2, 0.25) is 0 Å². The Morgan fingerprint density at radius 3 is 3.00 bits per heavy atom. The molecule has 114 valence electrons. The van der Waals surface area contributed by atoms with Crippen molar-refractivity contribution >= 4 is 28.4 Å². The fourth-order valence-corrected chi connectivity index (χ4v) is 2.87. The third kappa shape index (κ3) is 2.34. The number of anilines is 1. The first kappa shape index (κ1) is 13.5. The topological polar surface area (TPSA) is 86.9 Å². The summed E-state index contributed by atoms with van der Waals surface area (Å²) in [6, 6.07) is 8.95. The normalized spacial score (nSPS) is 13.5. The SMILES string of the molecule is O=C(Nc1cccnc1)c1ccc2[nH]c3c(c2c1)CCNC3=O. The summed E-state index contributed by atoms with van der Waals surface area (Å²) in [5.41, 5.74) is 3.63. The van der Waals surface area contributed by atoms with Crippen molar-refractivity contribution in [3.8, 4) is 0 Å². The molecule has 4 rings (SSSR count). The summed E-state index contributed by atoms with van der Waals surface area (Å²) in [4.78, 5) is 31.4. The van der Waals surface area contributed by atoms with Crippen molar-refractivity contribution in [1.82, 2.24) is 15.3 Å². The van der Waals surface area contributed by atoms with E-state index in [2.05, 4.69) is 20.6 Å². The van der Waals surface area contributed by atoms with Crippen LogP contribution in [0.25, 0.3) is 10.9 Å². The molecule has 0 spiro atoms. The molecule has 3 aromatic rings. The molecule has 1 aromatic carbocycles. The van der Waals surface area contributed by atoms with Gasteiger partial charge in [-0.3, -0.25) is 14.6 Å². The van der Waals surface area contributed by atoms with Crippen molar-refractivity contribution in [2.75, 3.05) is 11.9 Å². The van der Waals surface area contributed by atoms with Crippen LogP contribution in [0.5, 0.6) is 0 Å². The number of hydrogen-bond acceptors (Lipinski definition) is 3. The van der Waals surface area contributed by atoms with Crippen LogP contribution in [0.3, 0.4) is 0 Å². The number of rotatable bonds is 2. The Hall–Kier alpha value is -3.15. The number of fused-ring (bicyclic) bond motifs is 3. The van der Waals surface area contributed by atoms with Crippen LogP contribution >= 0.6 is 0 Å². The molecule has 3 N–H and O–H groups in total. The summed E-state index contributed by atoms with van der Waals surface area (Å²) in [7, 11) is 0. The molecule has 0 bridgehead atoms. The Balaban J connectivity index is 1.71. The molecular weight excluding hydrogens is 292 g/mol. The molecule has 2 amide bonds. The molecular formula is C17H14N4O2. The van der Waals surface area contributed by atoms with E-state index < -0.39 is 0 Å². The van der Waals surface area contributed by atoms with E-state index in [1.54, 1.807) is 30.6 Å². The van der Waals surface area contributed by atoms with Gasteiger partial charge in [-0.05, 0) is 42.3 Å². The van der Waals surface area contributed by atoms with Gasteiger partial charge in [0.15, 0.2) is 0 Å². The van der Waals surface area contributed by atoms with Crippen molar-refractivity contribution in [3.05, 3.63) is 59.5 Å². The lowest BCUT2D eigenvalue weighted by Crippen LogP contribution is -2.31. The third-order valence-corrected chi connectivity index (χ3v) is 3.98. The van der Waals surface area contributed by atoms with Crippen LogP contribution < -0.4 is 10.6 Å². The van der Waals surface area contributed by atoms with Crippen molar-refractivity contribution in [2.45, 2.75) is 6.42 Å². The van der Waals surface area contributed by atoms with E-state index >= 15 is 0 Å². The van der Waals surface area contributed by atoms with Crippen molar-refractivity contribution in [1.29, 1.82) is 0 Å². The van der Waals surface area contributed by atoms with Crippen LogP contribution in [0.4, 0.5) is 5.69 Å². The Morgan fingerprint density at radius 1 is 1.26 bits per heavy atom. The maximum absolute atomic E-state index is 12.4. The summed E-state index contributed by atoms with van der Waals surface area (Å²) >= 11 is 0. The molecule has 0 saturated heterocycles. The van der Waals surface area contributed by atoms with Crippen LogP contribution in [0, 0.1) is 0 Å². The van der Waals surface area contributed by atoms with Gasteiger partial charge in [0.1, 0.15) is 5.69 Å². The molecule has 6 heteroatoms. The average molecular weight is 306 g/mol. The van der Waals surface area contributed by atoms with Crippen LogP contribution in [0.15, 0.2) is 42.7 Å². The van der Waals surface area contributed by atoms with E-state index in [1.165, 1.54) is 0 Å². The molecule has 0 aliphatic carbocycles. The lowest BCUT2D eigenvalue weighted by Gasteiger charge is -2.12. The third-order valence-electron chi connectivity index (χ3n) is 3.98. The monoisotopic (exact) mass is 306 g/mol. The second kappa shape index (κ2) is 5.24. The second-order valence-corrected chi connectivity index (χ2v) is 5.44. The molecule has 3 heterocycles. The number of carbonyl (C=O) groups is 2. The predicted octanol–water partition coefficient (Wildman–Crippen LogP) is 2.10. The second-order valence-electron chi connectivity index (χ2n) is 5.44. The van der Waals surface area contributed by atoms with E-state index in [0.717, 1.165) is 22.9 Å². The Morgan fingerprint density at radius 2 is 2.17 bits per heavy atom. The van der Waals surface area contributed by atoms with Crippen molar-refractivity contribution < 1.29 is 9.59 Å². The first-order valence-corrected chi connectivity index (χ1v) is 7.36. The van der Waals surface area contributed by atoms with E-state index in [-0.39, 0.29) is 11.8 Å². The average Bonchev–Trinajstić information content (AvgIpc) is 2.95. The number of nitrogens with one attached hydrogen (secondary N) is 3. The fourth-order valence-electron chi connectivity index (χ4n) is 2.87. The zero-order valence-corrected chi connectivity index (χ0v) is 12.2. The standard InChI is InChI=1S/C17H14N4O2/c22-16(20-11-2-1-6-18-9-11)10-3-4-14-13(8-10)12-5-7-19-17(23)15(12)21-14/h1-4,6,8-9,21H,5,7H2,(H,19,23)(H,20,22). The zero-order valence-electron chi connectivity index (χ0n) is 12.2. The zero-order chi connectivity index (χ0) is 15.8. The number of nitrogens with zero attached hydrogens (tertiary/aromatic N) is 1. The number of aromatic amines is 1. The molecule has 6 nitrogen and oxygen atoms in total. The lowest BCUT2D eigenvalue weighted by molar-refractivity contribution is 0.0941. The molecule has 2 aromatic heterocycles. The predicted molar refractivity (Wildman–Crippen MR) is 86.5 cm³/mol. The summed E-state index contributed by atoms with van der Waals surface area (Å²) in [6.45, 7) is 0.616. The van der Waals surface area contributed by atoms with Gasteiger partial charge in [0, 0.05) is 29.2 Å². The van der Waals surface area contributed by atoms with Crippen LogP contribution in [0.2, 0.25) is 0 Å². The minimum atomic E-state index is -0.199. The summed E-state index contributed by atoms with van der Waals surface area (Å²) < 4.78 is 0. The highest BCUT2D eigenvalue weighted by atomic mass is 16.2. The molecule has 0 saturated carbocycles. The minimum Gasteiger partial charge on any atom is -0.350 e. The summed E-state index contributed by atoms with van der Waals surface area (Å²) in [5, 5.41) is 6.55. The van der Waals surface area contributed by atoms with Gasteiger partial charge in [-0.25, -0.2) is 0 Å². The molecule has 0 radical (unpaired) electrons. The van der Waals surface area contributed by atoms with Gasteiger partial charge < -0.3 is 15.6 Å². The highest BCUT2D eigenvalue weighted by molar-refractivity contribution is 6.08. The van der Waals surface area contributed by atoms with Crippen LogP contribution in [-0.4, -0.2) is 28.3 Å². The molecule has 0 atom stereocenters. The van der Waals surface area contributed by atoms with Gasteiger partial charge in [0.25, 0.3) is 11.8 Å². The Labute approximate surface area is 131 Å². The van der Waals surface area contributed by atoms with Gasteiger partial charge in [0.05, 0.1) is 11.9 Å². The largest absolute Gasteiger partial charge is 0.350 e. The number of benzene rings is 1. The van der Waals surface area contributed by atoms with Gasteiger partial charge >= 0.3 is 0 Å². The highest BCUT2D eigenvalue weighted by Gasteiger charge is 2.22. The van der Waals surface area contributed by atoms with E-state index in [9.17, 15) is 9.59 Å². The molecule has 0 fully saturated rings. The number of aromatic nitrogens is 2. The number of amides is 2. The van der Waals surface area contributed by atoms with Gasteiger partial charge in [-0.2, -0.15) is 0 Å².